The maximum absolute atomic E-state index is 13.2. The van der Waals surface area contributed by atoms with Crippen LogP contribution in [0.2, 0.25) is 0 Å². The van der Waals surface area contributed by atoms with Crippen LogP contribution in [0.15, 0.2) is 30.3 Å². The lowest BCUT2D eigenvalue weighted by molar-refractivity contribution is -0.151. The average Bonchev–Trinajstić information content (AvgIpc) is 3.08. The number of nitrogens with zero attached hydrogens (tertiary/aromatic N) is 3. The topological polar surface area (TPSA) is 85.7 Å². The Morgan fingerprint density at radius 2 is 2.00 bits per heavy atom. The number of esters is 1. The van der Waals surface area contributed by atoms with E-state index in [1.807, 2.05) is 0 Å². The highest BCUT2D eigenvalue weighted by molar-refractivity contribution is 5.92. The van der Waals surface area contributed by atoms with E-state index in [1.54, 1.807) is 41.8 Å². The van der Waals surface area contributed by atoms with Crippen LogP contribution in [0.5, 0.6) is 0 Å². The number of hydrogen-bond acceptors (Lipinski definition) is 6. The third-order valence-electron chi connectivity index (χ3n) is 4.99. The van der Waals surface area contributed by atoms with Gasteiger partial charge in [-0.3, -0.25) is 14.5 Å². The van der Waals surface area contributed by atoms with Gasteiger partial charge in [0.1, 0.15) is 17.7 Å². The zero-order valence-electron chi connectivity index (χ0n) is 16.7. The Labute approximate surface area is 168 Å². The molecule has 29 heavy (non-hydrogen) atoms. The summed E-state index contributed by atoms with van der Waals surface area (Å²) in [6.45, 7) is 2.38. The van der Waals surface area contributed by atoms with Crippen LogP contribution in [-0.4, -0.2) is 66.0 Å². The minimum atomic E-state index is -0.534. The van der Waals surface area contributed by atoms with E-state index < -0.39 is 6.04 Å². The number of halogens is 1. The molecule has 1 aromatic heterocycles. The second-order valence-electron chi connectivity index (χ2n) is 7.00. The van der Waals surface area contributed by atoms with Gasteiger partial charge in [-0.1, -0.05) is 0 Å². The largest absolute Gasteiger partial charge is 0.468 e. The van der Waals surface area contributed by atoms with E-state index in [4.69, 9.17) is 9.47 Å². The first-order valence-corrected chi connectivity index (χ1v) is 9.38. The average molecular weight is 404 g/mol. The summed E-state index contributed by atoms with van der Waals surface area (Å²) in [5.74, 6) is -0.540. The SMILES string of the molecule is COC(=O)[C@@H]1C[C@@H](OC)CCN1CC(=O)Nc1cc(C)nn1-c1ccc(F)cc1. The summed E-state index contributed by atoms with van der Waals surface area (Å²) in [6, 6.07) is 7.03. The van der Waals surface area contributed by atoms with E-state index in [9.17, 15) is 14.0 Å². The monoisotopic (exact) mass is 404 g/mol. The second kappa shape index (κ2) is 9.15. The lowest BCUT2D eigenvalue weighted by Crippen LogP contribution is -2.51. The van der Waals surface area contributed by atoms with Crippen molar-refractivity contribution in [2.75, 3.05) is 32.6 Å². The first kappa shape index (κ1) is 20.9. The van der Waals surface area contributed by atoms with Crippen molar-refractivity contribution in [2.24, 2.45) is 0 Å². The fraction of sp³-hybridized carbons (Fsp3) is 0.450. The number of hydrogen-bond donors (Lipinski definition) is 1. The van der Waals surface area contributed by atoms with Crippen LogP contribution in [0.3, 0.4) is 0 Å². The molecule has 1 aliphatic rings. The molecule has 2 aromatic rings. The van der Waals surface area contributed by atoms with Crippen molar-refractivity contribution in [2.45, 2.75) is 31.9 Å². The molecule has 0 unspecified atom stereocenters. The number of carbonyl (C=O) groups excluding carboxylic acids is 2. The minimum absolute atomic E-state index is 0.0316. The molecule has 156 valence electrons. The fourth-order valence-corrected chi connectivity index (χ4v) is 3.50. The summed E-state index contributed by atoms with van der Waals surface area (Å²) in [4.78, 5) is 26.6. The van der Waals surface area contributed by atoms with Gasteiger partial charge >= 0.3 is 5.97 Å². The van der Waals surface area contributed by atoms with Crippen molar-refractivity contribution in [3.8, 4) is 5.69 Å². The molecule has 8 nitrogen and oxygen atoms in total. The second-order valence-corrected chi connectivity index (χ2v) is 7.00. The third-order valence-corrected chi connectivity index (χ3v) is 4.99. The Morgan fingerprint density at radius 1 is 1.28 bits per heavy atom. The van der Waals surface area contributed by atoms with Crippen molar-refractivity contribution in [3.05, 3.63) is 41.8 Å². The van der Waals surface area contributed by atoms with Crippen molar-refractivity contribution in [1.82, 2.24) is 14.7 Å². The van der Waals surface area contributed by atoms with Crippen LogP contribution in [0.25, 0.3) is 5.69 Å². The van der Waals surface area contributed by atoms with Gasteiger partial charge in [-0.2, -0.15) is 5.10 Å². The first-order chi connectivity index (χ1) is 13.9. The van der Waals surface area contributed by atoms with Gasteiger partial charge in [-0.15, -0.1) is 0 Å². The van der Waals surface area contributed by atoms with Crippen LogP contribution in [0.4, 0.5) is 10.2 Å². The van der Waals surface area contributed by atoms with Gasteiger partial charge in [0, 0.05) is 19.7 Å². The van der Waals surface area contributed by atoms with E-state index in [1.165, 1.54) is 19.2 Å². The predicted molar refractivity (Wildman–Crippen MR) is 104 cm³/mol. The standard InChI is InChI=1S/C20H25FN4O4/c1-13-10-18(25(23-13)15-6-4-14(21)5-7-15)22-19(26)12-24-9-8-16(28-2)11-17(24)20(27)29-3/h4-7,10,16-17H,8-9,11-12H2,1-3H3,(H,22,26)/t16-,17-/m0/s1. The maximum atomic E-state index is 13.2. The summed E-state index contributed by atoms with van der Waals surface area (Å²) >= 11 is 0. The number of aryl methyl sites for hydroxylation is 1. The molecule has 3 rings (SSSR count). The van der Waals surface area contributed by atoms with Crippen molar-refractivity contribution >= 4 is 17.7 Å². The van der Waals surface area contributed by atoms with Crippen LogP contribution >= 0.6 is 0 Å². The highest BCUT2D eigenvalue weighted by atomic mass is 19.1. The van der Waals surface area contributed by atoms with E-state index in [-0.39, 0.29) is 30.3 Å². The number of ether oxygens (including phenoxy) is 2. The Balaban J connectivity index is 1.72. The van der Waals surface area contributed by atoms with Gasteiger partial charge in [0.05, 0.1) is 31.1 Å². The summed E-state index contributed by atoms with van der Waals surface area (Å²) in [5, 5.41) is 7.20. The Kier molecular flexibility index (Phi) is 6.60. The first-order valence-electron chi connectivity index (χ1n) is 9.38. The van der Waals surface area contributed by atoms with Gasteiger partial charge in [0.15, 0.2) is 0 Å². The molecular formula is C20H25FN4O4. The van der Waals surface area contributed by atoms with Crippen LogP contribution in [0.1, 0.15) is 18.5 Å². The smallest absolute Gasteiger partial charge is 0.323 e. The van der Waals surface area contributed by atoms with E-state index >= 15 is 0 Å². The molecule has 0 radical (unpaired) electrons. The zero-order valence-corrected chi connectivity index (χ0v) is 16.7. The molecule has 1 amide bonds. The summed E-state index contributed by atoms with van der Waals surface area (Å²) in [6.07, 6.45) is 1.16. The Morgan fingerprint density at radius 3 is 2.66 bits per heavy atom. The molecule has 1 aliphatic heterocycles. The van der Waals surface area contributed by atoms with E-state index in [0.717, 1.165) is 6.42 Å². The number of benzene rings is 1. The van der Waals surface area contributed by atoms with Gasteiger partial charge in [0.25, 0.3) is 0 Å². The Hall–Kier alpha value is -2.78. The molecule has 1 fully saturated rings. The van der Waals surface area contributed by atoms with Crippen molar-refractivity contribution < 1.29 is 23.5 Å². The lowest BCUT2D eigenvalue weighted by atomic mass is 9.99. The molecule has 2 atom stereocenters. The van der Waals surface area contributed by atoms with Crippen molar-refractivity contribution in [1.29, 1.82) is 0 Å². The number of aromatic nitrogens is 2. The number of rotatable bonds is 6. The normalized spacial score (nSPS) is 19.7. The number of likely N-dealkylation sites (tertiary alicyclic amines) is 1. The zero-order chi connectivity index (χ0) is 21.0. The van der Waals surface area contributed by atoms with Gasteiger partial charge in [0.2, 0.25) is 5.91 Å². The van der Waals surface area contributed by atoms with Crippen LogP contribution in [-0.2, 0) is 19.1 Å². The highest BCUT2D eigenvalue weighted by Gasteiger charge is 2.35. The number of carbonyl (C=O) groups is 2. The summed E-state index contributed by atoms with van der Waals surface area (Å²) < 4.78 is 25.0. The van der Waals surface area contributed by atoms with Gasteiger partial charge in [-0.25, -0.2) is 9.07 Å². The lowest BCUT2D eigenvalue weighted by Gasteiger charge is -2.36. The number of piperidine rings is 1. The minimum Gasteiger partial charge on any atom is -0.468 e. The molecule has 1 aromatic carbocycles. The molecular weight excluding hydrogens is 379 g/mol. The van der Waals surface area contributed by atoms with Crippen molar-refractivity contribution in [3.63, 3.8) is 0 Å². The molecule has 0 saturated carbocycles. The third kappa shape index (κ3) is 4.99. The molecule has 0 aliphatic carbocycles. The summed E-state index contributed by atoms with van der Waals surface area (Å²) in [5.41, 5.74) is 1.33. The van der Waals surface area contributed by atoms with Crippen LogP contribution < -0.4 is 5.32 Å². The molecule has 1 saturated heterocycles. The highest BCUT2D eigenvalue weighted by Crippen LogP contribution is 2.22. The Bertz CT molecular complexity index is 868. The molecule has 0 spiro atoms. The van der Waals surface area contributed by atoms with Gasteiger partial charge in [-0.05, 0) is 44.0 Å². The quantitative estimate of drug-likeness (QED) is 0.741. The van der Waals surface area contributed by atoms with Crippen LogP contribution in [0, 0.1) is 12.7 Å². The molecule has 9 heteroatoms. The summed E-state index contributed by atoms with van der Waals surface area (Å²) in [7, 11) is 2.95. The number of nitrogens with one attached hydrogen (secondary N) is 1. The number of anilines is 1. The maximum Gasteiger partial charge on any atom is 0.323 e. The predicted octanol–water partition coefficient (Wildman–Crippen LogP) is 1.91. The molecule has 0 bridgehead atoms. The number of methoxy groups -OCH3 is 2. The van der Waals surface area contributed by atoms with Gasteiger partial charge < -0.3 is 14.8 Å². The van der Waals surface area contributed by atoms with E-state index in [2.05, 4.69) is 10.4 Å². The fourth-order valence-electron chi connectivity index (χ4n) is 3.50. The van der Waals surface area contributed by atoms with E-state index in [0.29, 0.717) is 30.2 Å². The molecule has 1 N–H and O–H groups in total. The molecule has 2 heterocycles. The number of amides is 1.